The van der Waals surface area contributed by atoms with E-state index < -0.39 is 6.04 Å². The van der Waals surface area contributed by atoms with Gasteiger partial charge >= 0.3 is 0 Å². The lowest BCUT2D eigenvalue weighted by molar-refractivity contribution is -0.140. The highest BCUT2D eigenvalue weighted by molar-refractivity contribution is 9.10. The second kappa shape index (κ2) is 12.5. The van der Waals surface area contributed by atoms with Crippen molar-refractivity contribution in [3.8, 4) is 0 Å². The van der Waals surface area contributed by atoms with E-state index in [0.29, 0.717) is 19.0 Å². The van der Waals surface area contributed by atoms with Crippen LogP contribution in [0.25, 0.3) is 0 Å². The molecule has 5 heteroatoms. The molecule has 0 aliphatic rings. The number of halogens is 1. The van der Waals surface area contributed by atoms with Crippen molar-refractivity contribution < 1.29 is 9.59 Å². The fraction of sp³-hybridized carbons (Fsp3) is 0.310. The Morgan fingerprint density at radius 1 is 0.824 bits per heavy atom. The molecular formula is C29H33BrN2O2. The molecule has 0 spiro atoms. The predicted octanol–water partition coefficient (Wildman–Crippen LogP) is 6.16. The Kier molecular flexibility index (Phi) is 9.46. The van der Waals surface area contributed by atoms with E-state index >= 15 is 0 Å². The Morgan fingerprint density at radius 3 is 1.85 bits per heavy atom. The first-order valence-corrected chi connectivity index (χ1v) is 12.6. The van der Waals surface area contributed by atoms with Gasteiger partial charge in [0.1, 0.15) is 6.04 Å². The highest BCUT2D eigenvalue weighted by atomic mass is 79.9. The largest absolute Gasteiger partial charge is 0.354 e. The van der Waals surface area contributed by atoms with Gasteiger partial charge in [0, 0.05) is 29.9 Å². The lowest BCUT2D eigenvalue weighted by Crippen LogP contribution is -2.48. The number of amides is 2. The van der Waals surface area contributed by atoms with Crippen molar-refractivity contribution in [1.29, 1.82) is 0 Å². The van der Waals surface area contributed by atoms with Gasteiger partial charge in [0.25, 0.3) is 0 Å². The molecule has 1 N–H and O–H groups in total. The first-order chi connectivity index (χ1) is 16.3. The minimum Gasteiger partial charge on any atom is -0.354 e. The van der Waals surface area contributed by atoms with Gasteiger partial charge in [-0.05, 0) is 41.7 Å². The van der Waals surface area contributed by atoms with E-state index in [0.717, 1.165) is 21.2 Å². The fourth-order valence-electron chi connectivity index (χ4n) is 3.91. The molecule has 34 heavy (non-hydrogen) atoms. The molecule has 0 unspecified atom stereocenters. The predicted molar refractivity (Wildman–Crippen MR) is 141 cm³/mol. The molecule has 178 valence electrons. The van der Waals surface area contributed by atoms with Crippen LogP contribution in [0, 0.1) is 5.92 Å². The molecule has 2 amide bonds. The van der Waals surface area contributed by atoms with Crippen molar-refractivity contribution in [2.45, 2.75) is 45.7 Å². The van der Waals surface area contributed by atoms with E-state index in [1.165, 1.54) is 0 Å². The van der Waals surface area contributed by atoms with Crippen LogP contribution in [-0.4, -0.2) is 29.3 Å². The maximum absolute atomic E-state index is 13.8. The molecule has 0 fully saturated rings. The summed E-state index contributed by atoms with van der Waals surface area (Å²) in [6.45, 7) is 6.88. The van der Waals surface area contributed by atoms with Gasteiger partial charge in [0.2, 0.25) is 11.8 Å². The van der Waals surface area contributed by atoms with E-state index in [4.69, 9.17) is 0 Å². The van der Waals surface area contributed by atoms with Crippen LogP contribution in [0.4, 0.5) is 0 Å². The fourth-order valence-corrected chi connectivity index (χ4v) is 4.18. The lowest BCUT2D eigenvalue weighted by Gasteiger charge is -2.31. The average Bonchev–Trinajstić information content (AvgIpc) is 2.86. The number of benzene rings is 3. The summed E-state index contributed by atoms with van der Waals surface area (Å²) in [6, 6.07) is 27.5. The highest BCUT2D eigenvalue weighted by Gasteiger charge is 2.29. The van der Waals surface area contributed by atoms with E-state index in [1.54, 1.807) is 4.90 Å². The number of carbonyl (C=O) groups is 2. The average molecular weight is 521 g/mol. The summed E-state index contributed by atoms with van der Waals surface area (Å²) in [4.78, 5) is 28.4. The van der Waals surface area contributed by atoms with Crippen molar-refractivity contribution in [2.75, 3.05) is 6.54 Å². The molecule has 3 aromatic rings. The summed E-state index contributed by atoms with van der Waals surface area (Å²) in [5.74, 6) is 0.0727. The molecule has 0 aliphatic heterocycles. The number of nitrogens with zero attached hydrogens (tertiary/aromatic N) is 1. The third kappa shape index (κ3) is 7.29. The molecule has 0 radical (unpaired) electrons. The van der Waals surface area contributed by atoms with Crippen LogP contribution in [0.5, 0.6) is 0 Å². The molecule has 3 aromatic carbocycles. The molecule has 0 bridgehead atoms. The van der Waals surface area contributed by atoms with Crippen molar-refractivity contribution >= 4 is 27.7 Å². The zero-order valence-corrected chi connectivity index (χ0v) is 21.7. The van der Waals surface area contributed by atoms with Crippen molar-refractivity contribution in [2.24, 2.45) is 5.92 Å². The van der Waals surface area contributed by atoms with Crippen molar-refractivity contribution in [3.05, 3.63) is 106 Å². The number of carbonyl (C=O) groups excluding carboxylic acids is 2. The van der Waals surface area contributed by atoms with Gasteiger partial charge in [0.05, 0.1) is 0 Å². The topological polar surface area (TPSA) is 49.4 Å². The summed E-state index contributed by atoms with van der Waals surface area (Å²) in [5, 5.41) is 2.99. The van der Waals surface area contributed by atoms with Crippen LogP contribution in [0.2, 0.25) is 0 Å². The monoisotopic (exact) mass is 520 g/mol. The standard InChI is InChI=1S/C29H33BrN2O2/c1-21(2)19-31-29(34)22(3)32(20-23-14-16-26(30)17-15-23)28(33)18-27(24-10-6-4-7-11-24)25-12-8-5-9-13-25/h4-17,21-22,27H,18-20H2,1-3H3,(H,31,34)/t22-/m0/s1. The second-order valence-corrected chi connectivity index (χ2v) is 9.96. The lowest BCUT2D eigenvalue weighted by atomic mass is 9.88. The quantitative estimate of drug-likeness (QED) is 0.348. The van der Waals surface area contributed by atoms with Crippen LogP contribution in [0.15, 0.2) is 89.4 Å². The molecule has 1 atom stereocenters. The Morgan fingerprint density at radius 2 is 1.35 bits per heavy atom. The van der Waals surface area contributed by atoms with Crippen molar-refractivity contribution in [1.82, 2.24) is 10.2 Å². The zero-order valence-electron chi connectivity index (χ0n) is 20.1. The highest BCUT2D eigenvalue weighted by Crippen LogP contribution is 2.29. The molecule has 3 rings (SSSR count). The molecule has 4 nitrogen and oxygen atoms in total. The van der Waals surface area contributed by atoms with Gasteiger partial charge in [-0.25, -0.2) is 0 Å². The SMILES string of the molecule is CC(C)CNC(=O)[C@H](C)N(Cc1ccc(Br)cc1)C(=O)CC(c1ccccc1)c1ccccc1. The minimum absolute atomic E-state index is 0.0483. The van der Waals surface area contributed by atoms with Crippen molar-refractivity contribution in [3.63, 3.8) is 0 Å². The summed E-state index contributed by atoms with van der Waals surface area (Å²) in [7, 11) is 0. The maximum atomic E-state index is 13.8. The Labute approximate surface area is 211 Å². The van der Waals surface area contributed by atoms with E-state index in [1.807, 2.05) is 67.6 Å². The van der Waals surface area contributed by atoms with Gasteiger partial charge in [-0.15, -0.1) is 0 Å². The maximum Gasteiger partial charge on any atom is 0.242 e. The molecule has 0 saturated carbocycles. The minimum atomic E-state index is -0.581. The van der Waals surface area contributed by atoms with E-state index in [2.05, 4.69) is 59.4 Å². The Hall–Kier alpha value is -2.92. The first kappa shape index (κ1) is 25.7. The van der Waals surface area contributed by atoms with Gasteiger partial charge in [0.15, 0.2) is 0 Å². The van der Waals surface area contributed by atoms with Crippen LogP contribution >= 0.6 is 15.9 Å². The van der Waals surface area contributed by atoms with Crippen LogP contribution < -0.4 is 5.32 Å². The van der Waals surface area contributed by atoms with Gasteiger partial charge in [-0.2, -0.15) is 0 Å². The van der Waals surface area contributed by atoms with E-state index in [-0.39, 0.29) is 24.2 Å². The van der Waals surface area contributed by atoms with Gasteiger partial charge < -0.3 is 10.2 Å². The molecule has 0 saturated heterocycles. The third-order valence-corrected chi connectivity index (χ3v) is 6.43. The first-order valence-electron chi connectivity index (χ1n) is 11.8. The van der Waals surface area contributed by atoms with Crippen LogP contribution in [0.3, 0.4) is 0 Å². The number of hydrogen-bond acceptors (Lipinski definition) is 2. The molecule has 0 aromatic heterocycles. The Bertz CT molecular complexity index is 1010. The summed E-state index contributed by atoms with van der Waals surface area (Å²) < 4.78 is 0.977. The normalized spacial score (nSPS) is 11.9. The smallest absolute Gasteiger partial charge is 0.242 e. The van der Waals surface area contributed by atoms with Gasteiger partial charge in [-0.3, -0.25) is 9.59 Å². The number of rotatable bonds is 10. The molecular weight excluding hydrogens is 488 g/mol. The van der Waals surface area contributed by atoms with E-state index in [9.17, 15) is 9.59 Å². The zero-order chi connectivity index (χ0) is 24.5. The third-order valence-electron chi connectivity index (χ3n) is 5.90. The van der Waals surface area contributed by atoms with Crippen LogP contribution in [0.1, 0.15) is 49.8 Å². The summed E-state index contributed by atoms with van der Waals surface area (Å²) in [5.41, 5.74) is 3.15. The molecule has 0 heterocycles. The molecule has 0 aliphatic carbocycles. The number of hydrogen-bond donors (Lipinski definition) is 1. The number of nitrogens with one attached hydrogen (secondary N) is 1. The Balaban J connectivity index is 1.88. The second-order valence-electron chi connectivity index (χ2n) is 9.04. The van der Waals surface area contributed by atoms with Crippen LogP contribution in [-0.2, 0) is 16.1 Å². The summed E-state index contributed by atoms with van der Waals surface area (Å²) in [6.07, 6.45) is 0.284. The summed E-state index contributed by atoms with van der Waals surface area (Å²) >= 11 is 3.47. The van der Waals surface area contributed by atoms with Gasteiger partial charge in [-0.1, -0.05) is 103 Å².